The third-order valence-electron chi connectivity index (χ3n) is 3.52. The number of rotatable bonds is 4. The topological polar surface area (TPSA) is 75.2 Å². The maximum atomic E-state index is 13.1. The Hall–Kier alpha value is -2.72. The number of fused-ring (bicyclic) bond motifs is 1. The van der Waals surface area contributed by atoms with Crippen LogP contribution in [0.25, 0.3) is 11.0 Å². The van der Waals surface area contributed by atoms with Gasteiger partial charge in [-0.05, 0) is 24.3 Å². The highest BCUT2D eigenvalue weighted by Gasteiger charge is 2.37. The number of nitrogens with zero attached hydrogens (tertiary/aromatic N) is 3. The number of sulfonamides is 1. The van der Waals surface area contributed by atoms with Crippen LogP contribution in [0.5, 0.6) is 0 Å². The molecular weight excluding hydrogens is 369 g/mol. The maximum Gasteiger partial charge on any atom is 0.417 e. The third kappa shape index (κ3) is 3.60. The average molecular weight is 382 g/mol. The van der Waals surface area contributed by atoms with Gasteiger partial charge in [-0.3, -0.25) is 9.99 Å². The van der Waals surface area contributed by atoms with Gasteiger partial charge in [0.2, 0.25) is 0 Å². The summed E-state index contributed by atoms with van der Waals surface area (Å²) in [7, 11) is -3.16. The van der Waals surface area contributed by atoms with E-state index < -0.39 is 26.7 Å². The highest BCUT2D eigenvalue weighted by molar-refractivity contribution is 7.89. The van der Waals surface area contributed by atoms with Crippen molar-refractivity contribution in [3.63, 3.8) is 0 Å². The van der Waals surface area contributed by atoms with Crippen molar-refractivity contribution in [2.24, 2.45) is 0 Å². The standard InChI is InChI=1S/C16H13F3N4O2S/c1-23(15-10-20-12-7-3-4-8-13(12)21-15)22-26(24,25)14-9-5-2-6-11(14)16(17,18)19/h2-10,22H,1H3. The van der Waals surface area contributed by atoms with Gasteiger partial charge < -0.3 is 0 Å². The number of benzene rings is 2. The fourth-order valence-electron chi connectivity index (χ4n) is 2.32. The van der Waals surface area contributed by atoms with E-state index in [0.29, 0.717) is 17.1 Å². The number of hydrogen-bond acceptors (Lipinski definition) is 5. The molecule has 10 heteroatoms. The Morgan fingerprint density at radius 1 is 1.00 bits per heavy atom. The zero-order chi connectivity index (χ0) is 18.9. The Labute approximate surface area is 147 Å². The van der Waals surface area contributed by atoms with E-state index in [1.54, 1.807) is 24.3 Å². The lowest BCUT2D eigenvalue weighted by atomic mass is 10.2. The minimum absolute atomic E-state index is 0.136. The summed E-state index contributed by atoms with van der Waals surface area (Å²) in [5, 5.41) is 1.00. The smallest absolute Gasteiger partial charge is 0.280 e. The summed E-state index contributed by atoms with van der Waals surface area (Å²) < 4.78 is 64.1. The van der Waals surface area contributed by atoms with E-state index in [1.807, 2.05) is 0 Å². The van der Waals surface area contributed by atoms with E-state index in [4.69, 9.17) is 0 Å². The fraction of sp³-hybridized carbons (Fsp3) is 0.125. The van der Waals surface area contributed by atoms with Crippen molar-refractivity contribution in [2.45, 2.75) is 11.1 Å². The van der Waals surface area contributed by atoms with Crippen LogP contribution in [-0.4, -0.2) is 25.4 Å². The molecule has 26 heavy (non-hydrogen) atoms. The van der Waals surface area contributed by atoms with Crippen LogP contribution in [0.1, 0.15) is 5.56 Å². The maximum absolute atomic E-state index is 13.1. The molecule has 0 aliphatic carbocycles. The molecule has 1 heterocycles. The summed E-state index contributed by atoms with van der Waals surface area (Å²) >= 11 is 0. The van der Waals surface area contributed by atoms with Crippen LogP contribution in [0.15, 0.2) is 59.6 Å². The second-order valence-corrected chi connectivity index (χ2v) is 6.99. The number of hydrogen-bond donors (Lipinski definition) is 1. The zero-order valence-corrected chi connectivity index (χ0v) is 14.2. The normalized spacial score (nSPS) is 12.3. The van der Waals surface area contributed by atoms with Crippen LogP contribution in [0, 0.1) is 0 Å². The van der Waals surface area contributed by atoms with E-state index in [9.17, 15) is 21.6 Å². The monoisotopic (exact) mass is 382 g/mol. The lowest BCUT2D eigenvalue weighted by Gasteiger charge is -2.20. The van der Waals surface area contributed by atoms with E-state index in [-0.39, 0.29) is 5.82 Å². The summed E-state index contributed by atoms with van der Waals surface area (Å²) in [6.07, 6.45) is -3.48. The van der Waals surface area contributed by atoms with Crippen molar-refractivity contribution in [1.82, 2.24) is 14.8 Å². The summed E-state index contributed by atoms with van der Waals surface area (Å²) in [5.41, 5.74) is -0.118. The summed E-state index contributed by atoms with van der Waals surface area (Å²) in [6, 6.07) is 10.9. The minimum Gasteiger partial charge on any atom is -0.280 e. The number of halogens is 3. The Bertz CT molecular complexity index is 1050. The summed E-state index contributed by atoms with van der Waals surface area (Å²) in [5.74, 6) is 0.136. The first-order valence-corrected chi connectivity index (χ1v) is 8.81. The number of hydrazine groups is 1. The van der Waals surface area contributed by atoms with Gasteiger partial charge in [0.25, 0.3) is 10.0 Å². The van der Waals surface area contributed by atoms with Gasteiger partial charge in [0.1, 0.15) is 0 Å². The number of anilines is 1. The predicted octanol–water partition coefficient (Wildman–Crippen LogP) is 2.98. The van der Waals surface area contributed by atoms with Gasteiger partial charge in [-0.15, -0.1) is 4.83 Å². The molecule has 0 aliphatic heterocycles. The first-order chi connectivity index (χ1) is 12.2. The lowest BCUT2D eigenvalue weighted by Crippen LogP contribution is -2.40. The molecule has 0 saturated carbocycles. The Morgan fingerprint density at radius 2 is 1.62 bits per heavy atom. The molecule has 0 radical (unpaired) electrons. The third-order valence-corrected chi connectivity index (χ3v) is 4.97. The number of alkyl halides is 3. The van der Waals surface area contributed by atoms with Crippen LogP contribution < -0.4 is 9.84 Å². The molecule has 0 spiro atoms. The van der Waals surface area contributed by atoms with Gasteiger partial charge >= 0.3 is 6.18 Å². The Balaban J connectivity index is 1.94. The summed E-state index contributed by atoms with van der Waals surface area (Å²) in [6.45, 7) is 0. The van der Waals surface area contributed by atoms with Gasteiger partial charge in [-0.2, -0.15) is 13.2 Å². The highest BCUT2D eigenvalue weighted by atomic mass is 32.2. The Kier molecular flexibility index (Phi) is 4.55. The van der Waals surface area contributed by atoms with Gasteiger partial charge in [0.15, 0.2) is 5.82 Å². The number of para-hydroxylation sites is 2. The number of nitrogens with one attached hydrogen (secondary N) is 1. The quantitative estimate of drug-likeness (QED) is 0.702. The van der Waals surface area contributed by atoms with Crippen molar-refractivity contribution in [3.8, 4) is 0 Å². The minimum atomic E-state index is -4.80. The molecule has 6 nitrogen and oxygen atoms in total. The fourth-order valence-corrected chi connectivity index (χ4v) is 3.60. The van der Waals surface area contributed by atoms with Gasteiger partial charge in [-0.25, -0.2) is 13.4 Å². The lowest BCUT2D eigenvalue weighted by molar-refractivity contribution is -0.139. The second-order valence-electron chi connectivity index (χ2n) is 5.36. The van der Waals surface area contributed by atoms with Crippen molar-refractivity contribution in [1.29, 1.82) is 0 Å². The van der Waals surface area contributed by atoms with Gasteiger partial charge in [-0.1, -0.05) is 24.3 Å². The zero-order valence-electron chi connectivity index (χ0n) is 13.4. The second kappa shape index (κ2) is 6.54. The molecular formula is C16H13F3N4O2S. The molecule has 0 saturated heterocycles. The average Bonchev–Trinajstić information content (AvgIpc) is 2.60. The van der Waals surface area contributed by atoms with Crippen LogP contribution in [0.2, 0.25) is 0 Å². The first kappa shape index (κ1) is 18.1. The van der Waals surface area contributed by atoms with Crippen molar-refractivity contribution in [3.05, 3.63) is 60.3 Å². The molecule has 0 aliphatic rings. The molecule has 136 valence electrons. The Morgan fingerprint density at radius 3 is 2.31 bits per heavy atom. The molecule has 0 amide bonds. The molecule has 0 fully saturated rings. The van der Waals surface area contributed by atoms with Gasteiger partial charge in [0, 0.05) is 7.05 Å². The van der Waals surface area contributed by atoms with Crippen molar-refractivity contribution < 1.29 is 21.6 Å². The highest BCUT2D eigenvalue weighted by Crippen LogP contribution is 2.34. The predicted molar refractivity (Wildman–Crippen MR) is 89.7 cm³/mol. The SMILES string of the molecule is CN(NS(=O)(=O)c1ccccc1C(F)(F)F)c1cnc2ccccc2n1. The molecule has 0 atom stereocenters. The summed E-state index contributed by atoms with van der Waals surface area (Å²) in [4.78, 5) is 9.58. The van der Waals surface area contributed by atoms with Crippen molar-refractivity contribution in [2.75, 3.05) is 12.1 Å². The van der Waals surface area contributed by atoms with E-state index in [2.05, 4.69) is 14.8 Å². The largest absolute Gasteiger partial charge is 0.417 e. The van der Waals surface area contributed by atoms with Crippen LogP contribution >= 0.6 is 0 Å². The molecule has 3 rings (SSSR count). The van der Waals surface area contributed by atoms with E-state index in [1.165, 1.54) is 19.3 Å². The first-order valence-electron chi connectivity index (χ1n) is 7.33. The van der Waals surface area contributed by atoms with E-state index in [0.717, 1.165) is 17.1 Å². The van der Waals surface area contributed by atoms with Crippen molar-refractivity contribution >= 4 is 26.9 Å². The van der Waals surface area contributed by atoms with Gasteiger partial charge in [0.05, 0.1) is 27.7 Å². The molecule has 2 aromatic carbocycles. The molecule has 1 N–H and O–H groups in total. The van der Waals surface area contributed by atoms with Crippen LogP contribution in [0.3, 0.4) is 0 Å². The molecule has 0 unspecified atom stereocenters. The molecule has 1 aromatic heterocycles. The molecule has 3 aromatic rings. The number of aromatic nitrogens is 2. The molecule has 0 bridgehead atoms. The van der Waals surface area contributed by atoms with Crippen LogP contribution in [-0.2, 0) is 16.2 Å². The van der Waals surface area contributed by atoms with Crippen LogP contribution in [0.4, 0.5) is 19.0 Å². The van der Waals surface area contributed by atoms with E-state index >= 15 is 0 Å².